The van der Waals surface area contributed by atoms with Crippen LogP contribution in [0.4, 0.5) is 0 Å². The van der Waals surface area contributed by atoms with Crippen LogP contribution in [-0.2, 0) is 5.75 Å². The van der Waals surface area contributed by atoms with Crippen LogP contribution in [0.2, 0.25) is 0 Å². The molecule has 1 N–H and O–H groups in total. The molecule has 84 valence electrons. The van der Waals surface area contributed by atoms with Crippen molar-refractivity contribution in [3.8, 4) is 0 Å². The highest BCUT2D eigenvalue weighted by Crippen LogP contribution is 2.17. The second-order valence-electron chi connectivity index (χ2n) is 4.10. The average molecular weight is 234 g/mol. The van der Waals surface area contributed by atoms with Gasteiger partial charge in [0.15, 0.2) is 0 Å². The number of hydrogen-bond acceptors (Lipinski definition) is 4. The van der Waals surface area contributed by atoms with Crippen molar-refractivity contribution >= 4 is 17.5 Å². The number of nitrogens with zero attached hydrogens (tertiary/aromatic N) is 3. The summed E-state index contributed by atoms with van der Waals surface area (Å²) in [6.07, 6.45) is 5.83. The first-order chi connectivity index (χ1) is 7.92. The Kier molecular flexibility index (Phi) is 2.80. The van der Waals surface area contributed by atoms with Gasteiger partial charge < -0.3 is 5.32 Å². The van der Waals surface area contributed by atoms with Crippen LogP contribution in [0.25, 0.3) is 5.78 Å². The highest BCUT2D eigenvalue weighted by molar-refractivity contribution is 7.98. The van der Waals surface area contributed by atoms with Gasteiger partial charge in [0, 0.05) is 24.3 Å². The van der Waals surface area contributed by atoms with E-state index >= 15 is 0 Å². The minimum Gasteiger partial charge on any atom is -0.316 e. The molecule has 2 aromatic rings. The third kappa shape index (κ3) is 2.05. The van der Waals surface area contributed by atoms with Crippen LogP contribution in [0.5, 0.6) is 0 Å². The minimum atomic E-state index is 0.795. The van der Waals surface area contributed by atoms with Crippen molar-refractivity contribution < 1.29 is 0 Å². The fourth-order valence-electron chi connectivity index (χ4n) is 1.75. The van der Waals surface area contributed by atoms with Crippen molar-refractivity contribution in [3.05, 3.63) is 30.4 Å². The van der Waals surface area contributed by atoms with Crippen LogP contribution >= 0.6 is 11.8 Å². The Morgan fingerprint density at radius 3 is 3.19 bits per heavy atom. The molecule has 0 aliphatic carbocycles. The lowest BCUT2D eigenvalue weighted by Gasteiger charge is -2.26. The predicted molar refractivity (Wildman–Crippen MR) is 65.5 cm³/mol. The first kappa shape index (κ1) is 10.1. The molecule has 1 fully saturated rings. The van der Waals surface area contributed by atoms with Crippen molar-refractivity contribution in [2.24, 2.45) is 5.92 Å². The summed E-state index contributed by atoms with van der Waals surface area (Å²) in [4.78, 5) is 8.67. The van der Waals surface area contributed by atoms with Gasteiger partial charge >= 0.3 is 0 Å². The van der Waals surface area contributed by atoms with Crippen molar-refractivity contribution in [1.82, 2.24) is 19.7 Å². The number of aromatic nitrogens is 3. The van der Waals surface area contributed by atoms with Crippen LogP contribution in [0.1, 0.15) is 5.69 Å². The molecule has 1 saturated heterocycles. The van der Waals surface area contributed by atoms with Crippen LogP contribution in [0.15, 0.2) is 24.7 Å². The Hall–Kier alpha value is -1.07. The quantitative estimate of drug-likeness (QED) is 0.862. The SMILES string of the molecule is c1cnc2nc(CSCC3CNC3)cn2c1. The zero-order chi connectivity index (χ0) is 10.8. The number of imidazole rings is 1. The van der Waals surface area contributed by atoms with E-state index in [4.69, 9.17) is 0 Å². The lowest BCUT2D eigenvalue weighted by atomic mass is 10.1. The molecule has 16 heavy (non-hydrogen) atoms. The van der Waals surface area contributed by atoms with Gasteiger partial charge in [0.1, 0.15) is 0 Å². The number of thioether (sulfide) groups is 1. The Morgan fingerprint density at radius 1 is 1.50 bits per heavy atom. The molecule has 3 rings (SSSR count). The number of nitrogens with one attached hydrogen (secondary N) is 1. The van der Waals surface area contributed by atoms with Gasteiger partial charge in [-0.3, -0.25) is 4.40 Å². The topological polar surface area (TPSA) is 42.2 Å². The molecule has 4 nitrogen and oxygen atoms in total. The molecular formula is C11H14N4S. The first-order valence-corrected chi connectivity index (χ1v) is 6.64. The van der Waals surface area contributed by atoms with E-state index in [0.717, 1.165) is 23.1 Å². The van der Waals surface area contributed by atoms with Crippen molar-refractivity contribution in [3.63, 3.8) is 0 Å². The Labute approximate surface area is 98.5 Å². The summed E-state index contributed by atoms with van der Waals surface area (Å²) in [6, 6.07) is 1.92. The number of rotatable bonds is 4. The maximum absolute atomic E-state index is 4.47. The van der Waals surface area contributed by atoms with E-state index in [9.17, 15) is 0 Å². The lowest BCUT2D eigenvalue weighted by molar-refractivity contribution is 0.385. The zero-order valence-electron chi connectivity index (χ0n) is 8.97. The second-order valence-corrected chi connectivity index (χ2v) is 5.13. The molecule has 1 aliphatic heterocycles. The Morgan fingerprint density at radius 2 is 2.44 bits per heavy atom. The highest BCUT2D eigenvalue weighted by Gasteiger charge is 2.16. The smallest absolute Gasteiger partial charge is 0.233 e. The Bertz CT molecular complexity index is 445. The molecule has 0 spiro atoms. The van der Waals surface area contributed by atoms with E-state index in [1.165, 1.54) is 18.8 Å². The molecule has 1 aliphatic rings. The van der Waals surface area contributed by atoms with Crippen molar-refractivity contribution in [2.45, 2.75) is 5.75 Å². The molecule has 0 radical (unpaired) electrons. The van der Waals surface area contributed by atoms with Crippen molar-refractivity contribution in [2.75, 3.05) is 18.8 Å². The molecule has 0 aromatic carbocycles. The van der Waals surface area contributed by atoms with Gasteiger partial charge in [-0.1, -0.05) is 0 Å². The van der Waals surface area contributed by atoms with Crippen molar-refractivity contribution in [1.29, 1.82) is 0 Å². The van der Waals surface area contributed by atoms with Crippen LogP contribution < -0.4 is 5.32 Å². The molecule has 3 heterocycles. The summed E-state index contributed by atoms with van der Waals surface area (Å²) in [5, 5.41) is 3.29. The first-order valence-electron chi connectivity index (χ1n) is 5.49. The maximum atomic E-state index is 4.47. The molecule has 0 unspecified atom stereocenters. The second kappa shape index (κ2) is 4.43. The third-order valence-corrected chi connectivity index (χ3v) is 3.96. The summed E-state index contributed by atoms with van der Waals surface area (Å²) in [6.45, 7) is 2.36. The number of hydrogen-bond donors (Lipinski definition) is 1. The summed E-state index contributed by atoms with van der Waals surface area (Å²) < 4.78 is 1.97. The molecule has 0 saturated carbocycles. The fraction of sp³-hybridized carbons (Fsp3) is 0.455. The fourth-order valence-corrected chi connectivity index (χ4v) is 2.78. The van der Waals surface area contributed by atoms with Gasteiger partial charge in [-0.25, -0.2) is 9.97 Å². The normalized spacial score (nSPS) is 16.5. The van der Waals surface area contributed by atoms with E-state index in [1.54, 1.807) is 6.20 Å². The Balaban J connectivity index is 1.60. The molecule has 0 atom stereocenters. The highest BCUT2D eigenvalue weighted by atomic mass is 32.2. The summed E-state index contributed by atoms with van der Waals surface area (Å²) >= 11 is 1.96. The van der Waals surface area contributed by atoms with Gasteiger partial charge in [0.2, 0.25) is 5.78 Å². The zero-order valence-corrected chi connectivity index (χ0v) is 9.78. The van der Waals surface area contributed by atoms with Gasteiger partial charge in [-0.15, -0.1) is 0 Å². The van der Waals surface area contributed by atoms with Crippen LogP contribution in [0.3, 0.4) is 0 Å². The largest absolute Gasteiger partial charge is 0.316 e. The van der Waals surface area contributed by atoms with Crippen LogP contribution in [0, 0.1) is 5.92 Å². The molecule has 0 bridgehead atoms. The third-order valence-electron chi connectivity index (χ3n) is 2.75. The molecule has 2 aromatic heterocycles. The van der Waals surface area contributed by atoms with E-state index < -0.39 is 0 Å². The monoisotopic (exact) mass is 234 g/mol. The molecule has 5 heteroatoms. The standard InChI is InChI=1S/C11H14N4S/c1-2-13-11-14-10(6-15(11)3-1)8-16-7-9-4-12-5-9/h1-3,6,9,12H,4-5,7-8H2. The van der Waals surface area contributed by atoms with Gasteiger partial charge in [0.05, 0.1) is 5.69 Å². The van der Waals surface area contributed by atoms with Gasteiger partial charge in [-0.2, -0.15) is 11.8 Å². The van der Waals surface area contributed by atoms with E-state index in [0.29, 0.717) is 0 Å². The van der Waals surface area contributed by atoms with E-state index in [-0.39, 0.29) is 0 Å². The minimum absolute atomic E-state index is 0.795. The van der Waals surface area contributed by atoms with Gasteiger partial charge in [0.25, 0.3) is 0 Å². The van der Waals surface area contributed by atoms with E-state index in [2.05, 4.69) is 21.5 Å². The molecule has 0 amide bonds. The summed E-state index contributed by atoms with van der Waals surface area (Å²) in [7, 11) is 0. The average Bonchev–Trinajstić information content (AvgIpc) is 2.64. The van der Waals surface area contributed by atoms with E-state index in [1.807, 2.05) is 28.4 Å². The van der Waals surface area contributed by atoms with Gasteiger partial charge in [-0.05, 0) is 30.8 Å². The molecular weight excluding hydrogens is 220 g/mol. The predicted octanol–water partition coefficient (Wildman–Crippen LogP) is 1.18. The summed E-state index contributed by atoms with van der Waals surface area (Å²) in [5.74, 6) is 3.87. The summed E-state index contributed by atoms with van der Waals surface area (Å²) in [5.41, 5.74) is 1.12. The number of fused-ring (bicyclic) bond motifs is 1. The maximum Gasteiger partial charge on any atom is 0.233 e. The van der Waals surface area contributed by atoms with Crippen LogP contribution in [-0.4, -0.2) is 33.2 Å². The lowest BCUT2D eigenvalue weighted by Crippen LogP contribution is -2.43.